The van der Waals surface area contributed by atoms with Crippen LogP contribution in [0.3, 0.4) is 0 Å². The molecule has 0 spiro atoms. The molecule has 0 bridgehead atoms. The lowest BCUT2D eigenvalue weighted by atomic mass is 10.2. The molecular weight excluding hydrogens is 350 g/mol. The van der Waals surface area contributed by atoms with Crippen LogP contribution in [0.25, 0.3) is 0 Å². The zero-order valence-electron chi connectivity index (χ0n) is 18.8. The van der Waals surface area contributed by atoms with Gasteiger partial charge in [-0.3, -0.25) is 14.0 Å². The average molecular weight is 384 g/mol. The Balaban J connectivity index is 1.93. The van der Waals surface area contributed by atoms with Gasteiger partial charge in [0.15, 0.2) is 0 Å². The fourth-order valence-electron chi connectivity index (χ4n) is 3.47. The molecule has 0 aromatic carbocycles. The Morgan fingerprint density at radius 2 is 0.750 bits per heavy atom. The van der Waals surface area contributed by atoms with E-state index in [0.29, 0.717) is 20.0 Å². The van der Waals surface area contributed by atoms with Gasteiger partial charge in [0.2, 0.25) is 0 Å². The molecule has 0 fully saturated rings. The minimum Gasteiger partial charge on any atom is -0.255 e. The summed E-state index contributed by atoms with van der Waals surface area (Å²) in [6, 6.07) is 0. The molecule has 0 aliphatic carbocycles. The first-order valence-electron chi connectivity index (χ1n) is 9.84. The van der Waals surface area contributed by atoms with Gasteiger partial charge in [-0.2, -0.15) is 15.3 Å². The highest BCUT2D eigenvalue weighted by molar-refractivity contribution is 5.23. The maximum absolute atomic E-state index is 4.74. The van der Waals surface area contributed by atoms with Crippen LogP contribution in [0.15, 0.2) is 0 Å². The van der Waals surface area contributed by atoms with E-state index in [0.717, 1.165) is 17.1 Å². The second-order valence-corrected chi connectivity index (χ2v) is 7.98. The first kappa shape index (κ1) is 20.3. The van der Waals surface area contributed by atoms with Gasteiger partial charge < -0.3 is 0 Å². The molecule has 3 aromatic rings. The van der Waals surface area contributed by atoms with Crippen molar-refractivity contribution in [1.82, 2.24) is 34.2 Å². The lowest BCUT2D eigenvalue weighted by molar-refractivity contribution is 0.103. The molecule has 3 aromatic heterocycles. The Bertz CT molecular complexity index is 874. The van der Waals surface area contributed by atoms with Crippen molar-refractivity contribution in [2.75, 3.05) is 0 Å². The summed E-state index contributed by atoms with van der Waals surface area (Å²) < 4.78 is 6.26. The van der Waals surface area contributed by atoms with Gasteiger partial charge in [-0.1, -0.05) is 0 Å². The van der Waals surface area contributed by atoms with Gasteiger partial charge >= 0.3 is 0 Å². The molecule has 28 heavy (non-hydrogen) atoms. The first-order valence-corrected chi connectivity index (χ1v) is 9.84. The third-order valence-corrected chi connectivity index (χ3v) is 6.23. The van der Waals surface area contributed by atoms with E-state index in [1.54, 1.807) is 0 Å². The van der Waals surface area contributed by atoms with E-state index in [2.05, 4.69) is 81.3 Å². The third kappa shape index (κ3) is 3.63. The number of nitrogens with zero attached hydrogens (tertiary/aromatic N) is 7. The standard InChI is InChI=1S/C21H33N7/c1-13-16(4)22-26(19(13)7)10-25(11-27-20(8)14(2)17(5)23-27)12-28-21(9)15(3)18(6)24-28/h10-12H2,1-9H3. The maximum Gasteiger partial charge on any atom is 0.0961 e. The fraction of sp³-hybridized carbons (Fsp3) is 0.571. The summed E-state index contributed by atoms with van der Waals surface area (Å²) in [7, 11) is 0. The van der Waals surface area contributed by atoms with Crippen molar-refractivity contribution in [2.45, 2.75) is 82.3 Å². The molecule has 0 radical (unpaired) electrons. The molecule has 0 atom stereocenters. The van der Waals surface area contributed by atoms with Crippen LogP contribution in [-0.2, 0) is 20.0 Å². The Hall–Kier alpha value is -2.41. The van der Waals surface area contributed by atoms with Crippen molar-refractivity contribution in [3.8, 4) is 0 Å². The summed E-state index contributed by atoms with van der Waals surface area (Å²) in [5, 5.41) is 14.2. The molecular formula is C21H33N7. The van der Waals surface area contributed by atoms with Crippen LogP contribution in [-0.4, -0.2) is 34.2 Å². The monoisotopic (exact) mass is 383 g/mol. The van der Waals surface area contributed by atoms with Crippen LogP contribution in [0.1, 0.15) is 50.9 Å². The van der Waals surface area contributed by atoms with E-state index < -0.39 is 0 Å². The van der Waals surface area contributed by atoms with Crippen LogP contribution < -0.4 is 0 Å². The summed E-state index contributed by atoms with van der Waals surface area (Å²) in [4.78, 5) is 2.33. The van der Waals surface area contributed by atoms with Gasteiger partial charge in [-0.05, 0) is 79.0 Å². The highest BCUT2D eigenvalue weighted by Gasteiger charge is 2.17. The van der Waals surface area contributed by atoms with Crippen molar-refractivity contribution >= 4 is 0 Å². The predicted molar refractivity (Wildman–Crippen MR) is 111 cm³/mol. The van der Waals surface area contributed by atoms with Crippen molar-refractivity contribution in [3.05, 3.63) is 50.9 Å². The second kappa shape index (κ2) is 7.54. The Morgan fingerprint density at radius 3 is 0.929 bits per heavy atom. The van der Waals surface area contributed by atoms with Crippen molar-refractivity contribution < 1.29 is 0 Å². The van der Waals surface area contributed by atoms with Gasteiger partial charge in [-0.15, -0.1) is 0 Å². The van der Waals surface area contributed by atoms with E-state index in [4.69, 9.17) is 15.3 Å². The Morgan fingerprint density at radius 1 is 0.500 bits per heavy atom. The Kier molecular flexibility index (Phi) is 5.48. The number of rotatable bonds is 6. The fourth-order valence-corrected chi connectivity index (χ4v) is 3.47. The van der Waals surface area contributed by atoms with Gasteiger partial charge in [0, 0.05) is 17.1 Å². The number of hydrogen-bond donors (Lipinski definition) is 0. The molecule has 7 heteroatoms. The topological polar surface area (TPSA) is 56.7 Å². The highest BCUT2D eigenvalue weighted by Crippen LogP contribution is 2.17. The summed E-state index contributed by atoms with van der Waals surface area (Å²) >= 11 is 0. The number of hydrogen-bond acceptors (Lipinski definition) is 4. The van der Waals surface area contributed by atoms with Gasteiger partial charge in [-0.25, -0.2) is 4.90 Å². The van der Waals surface area contributed by atoms with E-state index in [1.807, 2.05) is 0 Å². The lowest BCUT2D eigenvalue weighted by Gasteiger charge is -2.24. The van der Waals surface area contributed by atoms with Crippen LogP contribution in [0, 0.1) is 62.3 Å². The molecule has 0 amide bonds. The maximum atomic E-state index is 4.74. The van der Waals surface area contributed by atoms with Crippen molar-refractivity contribution in [3.63, 3.8) is 0 Å². The van der Waals surface area contributed by atoms with E-state index in [-0.39, 0.29) is 0 Å². The minimum absolute atomic E-state index is 0.690. The van der Waals surface area contributed by atoms with E-state index >= 15 is 0 Å². The first-order chi connectivity index (χ1) is 13.1. The molecule has 0 aliphatic heterocycles. The quantitative estimate of drug-likeness (QED) is 0.652. The molecule has 3 rings (SSSR count). The van der Waals surface area contributed by atoms with Gasteiger partial charge in [0.05, 0.1) is 37.1 Å². The molecule has 0 N–H and O–H groups in total. The van der Waals surface area contributed by atoms with Crippen molar-refractivity contribution in [1.29, 1.82) is 0 Å². The molecule has 152 valence electrons. The highest BCUT2D eigenvalue weighted by atomic mass is 15.5. The molecule has 3 heterocycles. The summed E-state index contributed by atoms with van der Waals surface area (Å²) in [6.07, 6.45) is 0. The average Bonchev–Trinajstić information content (AvgIpc) is 3.14. The lowest BCUT2D eigenvalue weighted by Crippen LogP contribution is -2.33. The van der Waals surface area contributed by atoms with Crippen molar-refractivity contribution in [2.24, 2.45) is 0 Å². The minimum atomic E-state index is 0.690. The van der Waals surface area contributed by atoms with Gasteiger partial charge in [0.25, 0.3) is 0 Å². The number of aryl methyl sites for hydroxylation is 3. The van der Waals surface area contributed by atoms with Gasteiger partial charge in [0.1, 0.15) is 0 Å². The predicted octanol–water partition coefficient (Wildman–Crippen LogP) is 3.63. The molecule has 0 unspecified atom stereocenters. The Labute approximate surface area is 168 Å². The zero-order valence-corrected chi connectivity index (χ0v) is 18.8. The summed E-state index contributed by atoms with van der Waals surface area (Å²) in [5.41, 5.74) is 10.6. The summed E-state index contributed by atoms with van der Waals surface area (Å²) in [5.74, 6) is 0. The molecule has 0 aliphatic rings. The number of aromatic nitrogens is 6. The van der Waals surface area contributed by atoms with Crippen LogP contribution in [0.5, 0.6) is 0 Å². The normalized spacial score (nSPS) is 11.8. The van der Waals surface area contributed by atoms with E-state index in [9.17, 15) is 0 Å². The summed E-state index contributed by atoms with van der Waals surface area (Å²) in [6.45, 7) is 21.1. The SMILES string of the molecule is Cc1nn(CN(Cn2nc(C)c(C)c2C)Cn2nc(C)c(C)c2C)c(C)c1C. The smallest absolute Gasteiger partial charge is 0.0961 e. The third-order valence-electron chi connectivity index (χ3n) is 6.23. The molecule has 7 nitrogen and oxygen atoms in total. The van der Waals surface area contributed by atoms with Crippen LogP contribution in [0.2, 0.25) is 0 Å². The molecule has 0 saturated carbocycles. The van der Waals surface area contributed by atoms with Crippen LogP contribution in [0.4, 0.5) is 0 Å². The zero-order chi connectivity index (χ0) is 20.7. The van der Waals surface area contributed by atoms with Crippen LogP contribution >= 0.6 is 0 Å². The largest absolute Gasteiger partial charge is 0.255 e. The van der Waals surface area contributed by atoms with E-state index in [1.165, 1.54) is 33.8 Å². The molecule has 0 saturated heterocycles. The second-order valence-electron chi connectivity index (χ2n) is 7.98.